The van der Waals surface area contributed by atoms with Crippen molar-refractivity contribution in [2.45, 2.75) is 76.7 Å². The van der Waals surface area contributed by atoms with E-state index in [1.54, 1.807) is 0 Å². The van der Waals surface area contributed by atoms with Crippen LogP contribution >= 0.6 is 0 Å². The van der Waals surface area contributed by atoms with Crippen LogP contribution in [0.25, 0.3) is 0 Å². The maximum Gasteiger partial charge on any atom is 0.219 e. The van der Waals surface area contributed by atoms with Gasteiger partial charge in [0.15, 0.2) is 0 Å². The highest BCUT2D eigenvalue weighted by Crippen LogP contribution is 2.10. The summed E-state index contributed by atoms with van der Waals surface area (Å²) in [5, 5.41) is 2.77. The molecule has 0 aliphatic carbocycles. The van der Waals surface area contributed by atoms with Crippen LogP contribution in [0.5, 0.6) is 0 Å². The van der Waals surface area contributed by atoms with Crippen LogP contribution in [-0.4, -0.2) is 31.1 Å². The van der Waals surface area contributed by atoms with Crippen molar-refractivity contribution in [3.05, 3.63) is 0 Å². The Morgan fingerprint density at radius 3 is 2.10 bits per heavy atom. The second-order valence-corrected chi connectivity index (χ2v) is 5.47. The van der Waals surface area contributed by atoms with Crippen molar-refractivity contribution < 1.29 is 14.4 Å². The van der Waals surface area contributed by atoms with E-state index < -0.39 is 6.04 Å². The van der Waals surface area contributed by atoms with Gasteiger partial charge in [-0.3, -0.25) is 4.79 Å². The standard InChI is InChI=1S/C16H30N2O3/c17-15(14-20)11-12-18-16(21)10-8-6-4-2-1-3-5-7-9-13-19/h13-15H,1-12,17H2,(H,18,21). The summed E-state index contributed by atoms with van der Waals surface area (Å²) in [7, 11) is 0. The number of hydrogen-bond acceptors (Lipinski definition) is 4. The Labute approximate surface area is 128 Å². The summed E-state index contributed by atoms with van der Waals surface area (Å²) < 4.78 is 0. The van der Waals surface area contributed by atoms with Gasteiger partial charge in [-0.05, 0) is 19.3 Å². The number of nitrogens with two attached hydrogens (primary N) is 1. The molecule has 0 aromatic rings. The van der Waals surface area contributed by atoms with Gasteiger partial charge in [0, 0.05) is 19.4 Å². The average Bonchev–Trinajstić information content (AvgIpc) is 2.49. The fourth-order valence-corrected chi connectivity index (χ4v) is 2.11. The molecule has 0 saturated carbocycles. The molecule has 1 atom stereocenters. The predicted molar refractivity (Wildman–Crippen MR) is 83.9 cm³/mol. The van der Waals surface area contributed by atoms with Gasteiger partial charge < -0.3 is 20.6 Å². The highest BCUT2D eigenvalue weighted by atomic mass is 16.1. The molecule has 0 saturated heterocycles. The first-order valence-corrected chi connectivity index (χ1v) is 8.12. The van der Waals surface area contributed by atoms with E-state index in [1.165, 1.54) is 19.3 Å². The fourth-order valence-electron chi connectivity index (χ4n) is 2.11. The van der Waals surface area contributed by atoms with Gasteiger partial charge in [-0.2, -0.15) is 0 Å². The van der Waals surface area contributed by atoms with Crippen LogP contribution in [0.1, 0.15) is 70.6 Å². The second-order valence-electron chi connectivity index (χ2n) is 5.47. The molecular weight excluding hydrogens is 268 g/mol. The minimum absolute atomic E-state index is 0.0435. The quantitative estimate of drug-likeness (QED) is 0.358. The van der Waals surface area contributed by atoms with E-state index in [4.69, 9.17) is 5.73 Å². The molecule has 0 heterocycles. The first-order valence-electron chi connectivity index (χ1n) is 8.12. The maximum atomic E-state index is 11.5. The minimum atomic E-state index is -0.475. The Bertz CT molecular complexity index is 283. The van der Waals surface area contributed by atoms with Crippen LogP contribution in [0, 0.1) is 0 Å². The third-order valence-corrected chi connectivity index (χ3v) is 3.45. The molecule has 5 nitrogen and oxygen atoms in total. The number of carbonyl (C=O) groups excluding carboxylic acids is 3. The fraction of sp³-hybridized carbons (Fsp3) is 0.812. The number of hydrogen-bond donors (Lipinski definition) is 2. The first-order chi connectivity index (χ1) is 10.2. The Kier molecular flexibility index (Phi) is 14.3. The van der Waals surface area contributed by atoms with Crippen molar-refractivity contribution in [1.82, 2.24) is 5.32 Å². The molecule has 5 heteroatoms. The molecule has 122 valence electrons. The van der Waals surface area contributed by atoms with Gasteiger partial charge >= 0.3 is 0 Å². The molecular formula is C16H30N2O3. The van der Waals surface area contributed by atoms with E-state index in [2.05, 4.69) is 5.32 Å². The summed E-state index contributed by atoms with van der Waals surface area (Å²) in [5.41, 5.74) is 5.43. The second kappa shape index (κ2) is 15.2. The third kappa shape index (κ3) is 15.0. The molecule has 0 radical (unpaired) electrons. The van der Waals surface area contributed by atoms with Crippen LogP contribution in [-0.2, 0) is 14.4 Å². The summed E-state index contributed by atoms with van der Waals surface area (Å²) in [6.45, 7) is 0.472. The van der Waals surface area contributed by atoms with E-state index >= 15 is 0 Å². The molecule has 21 heavy (non-hydrogen) atoms. The predicted octanol–water partition coefficient (Wildman–Crippen LogP) is 2.12. The van der Waals surface area contributed by atoms with Crippen molar-refractivity contribution in [1.29, 1.82) is 0 Å². The number of amides is 1. The normalized spacial score (nSPS) is 11.9. The molecule has 0 aliphatic heterocycles. The van der Waals surface area contributed by atoms with Crippen LogP contribution in [0.15, 0.2) is 0 Å². The van der Waals surface area contributed by atoms with E-state index in [-0.39, 0.29) is 5.91 Å². The molecule has 0 fully saturated rings. The number of aldehydes is 2. The lowest BCUT2D eigenvalue weighted by atomic mass is 10.1. The monoisotopic (exact) mass is 298 g/mol. The molecule has 0 aliphatic rings. The van der Waals surface area contributed by atoms with Crippen molar-refractivity contribution in [2.75, 3.05) is 6.54 Å². The molecule has 1 unspecified atom stereocenters. The number of nitrogens with one attached hydrogen (secondary N) is 1. The summed E-state index contributed by atoms with van der Waals surface area (Å²) in [6, 6.07) is -0.475. The molecule has 0 bridgehead atoms. The van der Waals surface area contributed by atoms with Crippen LogP contribution in [0.2, 0.25) is 0 Å². The number of unbranched alkanes of at least 4 members (excludes halogenated alkanes) is 8. The van der Waals surface area contributed by atoms with Gasteiger partial charge in [0.05, 0.1) is 6.04 Å². The Balaban J connectivity index is 3.21. The zero-order valence-corrected chi connectivity index (χ0v) is 13.0. The lowest BCUT2D eigenvalue weighted by Crippen LogP contribution is -2.30. The van der Waals surface area contributed by atoms with E-state index in [9.17, 15) is 14.4 Å². The smallest absolute Gasteiger partial charge is 0.219 e. The highest BCUT2D eigenvalue weighted by molar-refractivity contribution is 5.75. The molecule has 0 aromatic carbocycles. The largest absolute Gasteiger partial charge is 0.356 e. The molecule has 0 aromatic heterocycles. The summed E-state index contributed by atoms with van der Waals surface area (Å²) in [6.07, 6.45) is 12.4. The van der Waals surface area contributed by atoms with Crippen LogP contribution < -0.4 is 11.1 Å². The Hall–Kier alpha value is -1.23. The summed E-state index contributed by atoms with van der Waals surface area (Å²) in [5.74, 6) is 0.0435. The zero-order valence-electron chi connectivity index (χ0n) is 13.0. The van der Waals surface area contributed by atoms with Gasteiger partial charge in [0.2, 0.25) is 5.91 Å². The lowest BCUT2D eigenvalue weighted by molar-refractivity contribution is -0.121. The molecule has 0 rings (SSSR count). The van der Waals surface area contributed by atoms with E-state index in [1.807, 2.05) is 0 Å². The maximum absolute atomic E-state index is 11.5. The van der Waals surface area contributed by atoms with E-state index in [0.717, 1.165) is 38.4 Å². The Morgan fingerprint density at radius 2 is 1.52 bits per heavy atom. The Morgan fingerprint density at radius 1 is 0.952 bits per heavy atom. The van der Waals surface area contributed by atoms with Crippen LogP contribution in [0.3, 0.4) is 0 Å². The van der Waals surface area contributed by atoms with Gasteiger partial charge in [-0.15, -0.1) is 0 Å². The highest BCUT2D eigenvalue weighted by Gasteiger charge is 2.03. The summed E-state index contributed by atoms with van der Waals surface area (Å²) in [4.78, 5) is 31.9. The minimum Gasteiger partial charge on any atom is -0.356 e. The molecule has 0 spiro atoms. The summed E-state index contributed by atoms with van der Waals surface area (Å²) >= 11 is 0. The third-order valence-electron chi connectivity index (χ3n) is 3.45. The van der Waals surface area contributed by atoms with Gasteiger partial charge in [0.25, 0.3) is 0 Å². The average molecular weight is 298 g/mol. The number of rotatable bonds is 15. The lowest BCUT2D eigenvalue weighted by Gasteiger charge is -2.06. The van der Waals surface area contributed by atoms with Crippen molar-refractivity contribution in [3.63, 3.8) is 0 Å². The van der Waals surface area contributed by atoms with Crippen LogP contribution in [0.4, 0.5) is 0 Å². The zero-order chi connectivity index (χ0) is 15.8. The van der Waals surface area contributed by atoms with Crippen molar-refractivity contribution in [3.8, 4) is 0 Å². The number of carbonyl (C=O) groups is 3. The van der Waals surface area contributed by atoms with Crippen molar-refractivity contribution >= 4 is 18.5 Å². The molecule has 1 amide bonds. The van der Waals surface area contributed by atoms with Gasteiger partial charge in [-0.1, -0.05) is 38.5 Å². The van der Waals surface area contributed by atoms with E-state index in [0.29, 0.717) is 32.1 Å². The topological polar surface area (TPSA) is 89.3 Å². The van der Waals surface area contributed by atoms with Gasteiger partial charge in [0.1, 0.15) is 12.6 Å². The van der Waals surface area contributed by atoms with Gasteiger partial charge in [-0.25, -0.2) is 0 Å². The van der Waals surface area contributed by atoms with Crippen molar-refractivity contribution in [2.24, 2.45) is 5.73 Å². The first kappa shape index (κ1) is 19.8. The SMILES string of the molecule is NC(C=O)CCNC(=O)CCCCCCCCCCC=O. The molecule has 3 N–H and O–H groups in total.